The number of thioether (sulfide) groups is 1. The second-order valence-corrected chi connectivity index (χ2v) is 9.55. The van der Waals surface area contributed by atoms with E-state index < -0.39 is 10.5 Å². The summed E-state index contributed by atoms with van der Waals surface area (Å²) in [6.07, 6.45) is 3.18. The number of carbonyl (C=O) groups excluding carboxylic acids is 2. The Balaban J connectivity index is 1.77. The molecule has 2 N–H and O–H groups in total. The predicted octanol–water partition coefficient (Wildman–Crippen LogP) is 2.93. The van der Waals surface area contributed by atoms with Crippen LogP contribution in [0.5, 0.6) is 0 Å². The lowest BCUT2D eigenvalue weighted by Gasteiger charge is -2.14. The number of hydrazone groups is 2. The van der Waals surface area contributed by atoms with Crippen LogP contribution in [0.1, 0.15) is 25.0 Å². The zero-order chi connectivity index (χ0) is 24.4. The van der Waals surface area contributed by atoms with Crippen LogP contribution in [0.4, 0.5) is 11.4 Å². The van der Waals surface area contributed by atoms with Gasteiger partial charge in [-0.3, -0.25) is 9.59 Å². The van der Waals surface area contributed by atoms with Crippen molar-refractivity contribution in [3.63, 3.8) is 0 Å². The first-order valence-corrected chi connectivity index (χ1v) is 11.5. The molecule has 0 fully saturated rings. The fourth-order valence-electron chi connectivity index (χ4n) is 2.67. The standard InChI is InChI=1S/C24H32N6O2S/c1-17(23(31)27-25-15-19-7-11-21(12-8-19)29(3)4)33-18(2)24(32)28-26-16-20-9-13-22(14-10-20)30(5)6/h7-18H,1-6H3,(H,27,31)(H,28,32)/b25-15-,26-16+. The van der Waals surface area contributed by atoms with E-state index in [4.69, 9.17) is 0 Å². The van der Waals surface area contributed by atoms with Crippen LogP contribution in [0, 0.1) is 0 Å². The Labute approximate surface area is 200 Å². The Kier molecular flexibility index (Phi) is 9.93. The van der Waals surface area contributed by atoms with Crippen LogP contribution in [0.25, 0.3) is 0 Å². The molecule has 0 spiro atoms. The first-order chi connectivity index (χ1) is 15.7. The van der Waals surface area contributed by atoms with Crippen LogP contribution in [0.3, 0.4) is 0 Å². The van der Waals surface area contributed by atoms with Crippen LogP contribution in [0.15, 0.2) is 58.7 Å². The smallest absolute Gasteiger partial charge is 0.252 e. The Morgan fingerprint density at radius 3 is 1.36 bits per heavy atom. The maximum atomic E-state index is 12.3. The van der Waals surface area contributed by atoms with Crippen LogP contribution < -0.4 is 20.7 Å². The number of benzene rings is 2. The van der Waals surface area contributed by atoms with Gasteiger partial charge in [-0.1, -0.05) is 24.3 Å². The molecule has 2 aromatic carbocycles. The number of rotatable bonds is 10. The van der Waals surface area contributed by atoms with Gasteiger partial charge in [0.25, 0.3) is 11.8 Å². The quantitative estimate of drug-likeness (QED) is 0.413. The normalized spacial score (nSPS) is 13.0. The van der Waals surface area contributed by atoms with Crippen LogP contribution in [-0.2, 0) is 9.59 Å². The highest BCUT2D eigenvalue weighted by Crippen LogP contribution is 2.18. The topological polar surface area (TPSA) is 89.4 Å². The van der Waals surface area contributed by atoms with Gasteiger partial charge < -0.3 is 9.80 Å². The number of hydrogen-bond acceptors (Lipinski definition) is 7. The van der Waals surface area contributed by atoms with Crippen LogP contribution in [0.2, 0.25) is 0 Å². The minimum atomic E-state index is -0.457. The molecule has 8 nitrogen and oxygen atoms in total. The molecule has 33 heavy (non-hydrogen) atoms. The molecule has 2 atom stereocenters. The molecule has 0 heterocycles. The summed E-state index contributed by atoms with van der Waals surface area (Å²) in [5.41, 5.74) is 8.97. The van der Waals surface area contributed by atoms with Gasteiger partial charge in [0.15, 0.2) is 0 Å². The number of nitrogens with one attached hydrogen (secondary N) is 2. The lowest BCUT2D eigenvalue weighted by molar-refractivity contribution is -0.120. The zero-order valence-corrected chi connectivity index (χ0v) is 20.8. The molecule has 0 bridgehead atoms. The molecular weight excluding hydrogens is 436 g/mol. The van der Waals surface area contributed by atoms with Crippen molar-refractivity contribution in [2.45, 2.75) is 24.3 Å². The van der Waals surface area contributed by atoms with Gasteiger partial charge in [-0.05, 0) is 49.2 Å². The van der Waals surface area contributed by atoms with Crippen LogP contribution >= 0.6 is 11.8 Å². The monoisotopic (exact) mass is 468 g/mol. The second kappa shape index (κ2) is 12.6. The molecule has 0 saturated heterocycles. The summed E-state index contributed by atoms with van der Waals surface area (Å²) >= 11 is 1.24. The Bertz CT molecular complexity index is 892. The summed E-state index contributed by atoms with van der Waals surface area (Å²) < 4.78 is 0. The molecule has 176 valence electrons. The lowest BCUT2D eigenvalue weighted by Crippen LogP contribution is -2.33. The highest BCUT2D eigenvalue weighted by Gasteiger charge is 2.21. The molecule has 0 aliphatic heterocycles. The fraction of sp³-hybridized carbons (Fsp3) is 0.333. The third-order valence-electron chi connectivity index (χ3n) is 4.74. The molecule has 0 aromatic heterocycles. The third kappa shape index (κ3) is 8.61. The fourth-order valence-corrected chi connectivity index (χ4v) is 3.63. The predicted molar refractivity (Wildman–Crippen MR) is 140 cm³/mol. The van der Waals surface area contributed by atoms with E-state index in [1.54, 1.807) is 26.3 Å². The highest BCUT2D eigenvalue weighted by atomic mass is 32.2. The average molecular weight is 469 g/mol. The Morgan fingerprint density at radius 1 is 0.727 bits per heavy atom. The Hall–Kier alpha value is -3.33. The van der Waals surface area contributed by atoms with Gasteiger partial charge in [0.2, 0.25) is 0 Å². The molecule has 2 rings (SSSR count). The van der Waals surface area contributed by atoms with Crippen molar-refractivity contribution in [1.29, 1.82) is 0 Å². The molecule has 2 aromatic rings. The van der Waals surface area contributed by atoms with Gasteiger partial charge in [0.05, 0.1) is 22.9 Å². The van der Waals surface area contributed by atoms with E-state index in [0.29, 0.717) is 0 Å². The largest absolute Gasteiger partial charge is 0.378 e. The highest BCUT2D eigenvalue weighted by molar-refractivity contribution is 8.01. The minimum absolute atomic E-state index is 0.273. The maximum absolute atomic E-state index is 12.3. The molecule has 0 radical (unpaired) electrons. The second-order valence-electron chi connectivity index (χ2n) is 7.86. The van der Waals surface area contributed by atoms with E-state index in [0.717, 1.165) is 22.5 Å². The van der Waals surface area contributed by atoms with E-state index in [2.05, 4.69) is 21.1 Å². The van der Waals surface area contributed by atoms with Crippen molar-refractivity contribution < 1.29 is 9.59 Å². The van der Waals surface area contributed by atoms with Crippen molar-refractivity contribution in [1.82, 2.24) is 10.9 Å². The summed E-state index contributed by atoms with van der Waals surface area (Å²) in [6.45, 7) is 3.47. The van der Waals surface area contributed by atoms with E-state index in [9.17, 15) is 9.59 Å². The average Bonchev–Trinajstić information content (AvgIpc) is 2.79. The van der Waals surface area contributed by atoms with E-state index in [1.807, 2.05) is 86.5 Å². The summed E-state index contributed by atoms with van der Waals surface area (Å²) in [7, 11) is 7.89. The first kappa shape index (κ1) is 25.9. The number of hydrogen-bond donors (Lipinski definition) is 2. The molecular formula is C24H32N6O2S. The summed E-state index contributed by atoms with van der Waals surface area (Å²) in [4.78, 5) is 28.6. The number of carbonyl (C=O) groups is 2. The van der Waals surface area contributed by atoms with Crippen molar-refractivity contribution in [2.75, 3.05) is 38.0 Å². The maximum Gasteiger partial charge on any atom is 0.252 e. The zero-order valence-electron chi connectivity index (χ0n) is 19.9. The van der Waals surface area contributed by atoms with Gasteiger partial charge in [0.1, 0.15) is 0 Å². The molecule has 0 aliphatic carbocycles. The van der Waals surface area contributed by atoms with Crippen molar-refractivity contribution in [3.05, 3.63) is 59.7 Å². The number of anilines is 2. The number of amides is 2. The van der Waals surface area contributed by atoms with Crippen molar-refractivity contribution in [3.8, 4) is 0 Å². The summed E-state index contributed by atoms with van der Waals surface area (Å²) in [6, 6.07) is 15.6. The number of nitrogens with zero attached hydrogens (tertiary/aromatic N) is 4. The molecule has 2 amide bonds. The van der Waals surface area contributed by atoms with Gasteiger partial charge in [-0.15, -0.1) is 11.8 Å². The molecule has 9 heteroatoms. The van der Waals surface area contributed by atoms with Crippen molar-refractivity contribution >= 4 is 47.4 Å². The molecule has 2 unspecified atom stereocenters. The molecule has 0 saturated carbocycles. The van der Waals surface area contributed by atoms with E-state index in [-0.39, 0.29) is 11.8 Å². The SMILES string of the molecule is CC(SC(C)C(=O)N/N=C/c1ccc(N(C)C)cc1)C(=O)N/N=C\c1ccc(N(C)C)cc1. The van der Waals surface area contributed by atoms with E-state index in [1.165, 1.54) is 11.8 Å². The van der Waals surface area contributed by atoms with Gasteiger partial charge >= 0.3 is 0 Å². The van der Waals surface area contributed by atoms with Gasteiger partial charge in [0, 0.05) is 39.6 Å². The van der Waals surface area contributed by atoms with E-state index >= 15 is 0 Å². The summed E-state index contributed by atoms with van der Waals surface area (Å²) in [5, 5.41) is 7.11. The van der Waals surface area contributed by atoms with Crippen LogP contribution in [-0.4, -0.2) is 62.9 Å². The Morgan fingerprint density at radius 2 is 1.06 bits per heavy atom. The lowest BCUT2D eigenvalue weighted by atomic mass is 10.2. The van der Waals surface area contributed by atoms with Gasteiger partial charge in [-0.2, -0.15) is 10.2 Å². The minimum Gasteiger partial charge on any atom is -0.378 e. The third-order valence-corrected chi connectivity index (χ3v) is 5.99. The summed E-state index contributed by atoms with van der Waals surface area (Å²) in [5.74, 6) is -0.546. The molecule has 0 aliphatic rings. The first-order valence-electron chi connectivity index (χ1n) is 10.5. The van der Waals surface area contributed by atoms with Gasteiger partial charge in [-0.25, -0.2) is 10.9 Å². The van der Waals surface area contributed by atoms with Crippen molar-refractivity contribution in [2.24, 2.45) is 10.2 Å².